The normalized spacial score (nSPS) is 17.0. The highest BCUT2D eigenvalue weighted by Crippen LogP contribution is 2.35. The van der Waals surface area contributed by atoms with E-state index in [1.807, 2.05) is 7.05 Å². The van der Waals surface area contributed by atoms with Gasteiger partial charge in [-0.1, -0.05) is 7.43 Å². The van der Waals surface area contributed by atoms with Gasteiger partial charge in [0, 0.05) is 19.2 Å². The number of phenolic OH excluding ortho intramolecular Hbond substituents is 1. The first-order valence-corrected chi connectivity index (χ1v) is 9.54. The summed E-state index contributed by atoms with van der Waals surface area (Å²) in [5, 5.41) is 24.2. The minimum absolute atomic E-state index is 0. The number of hydrazine groups is 1. The highest BCUT2D eigenvalue weighted by molar-refractivity contribution is 6.68. The van der Waals surface area contributed by atoms with Crippen LogP contribution in [-0.4, -0.2) is 56.1 Å². The SMILES string of the molecule is C.C[n+]1ccn(CC(=O)Nc2cc(N=C3C(=N)N4CCCCN4C3=O)c(N)cc2O)c1. The summed E-state index contributed by atoms with van der Waals surface area (Å²) >= 11 is 0. The molecule has 1 aromatic heterocycles. The van der Waals surface area contributed by atoms with Gasteiger partial charge in [-0.05, 0) is 18.9 Å². The second kappa shape index (κ2) is 8.46. The van der Waals surface area contributed by atoms with Crippen molar-refractivity contribution < 1.29 is 19.3 Å². The quantitative estimate of drug-likeness (QED) is 0.324. The third kappa shape index (κ3) is 4.20. The number of hydrogen-bond acceptors (Lipinski definition) is 6. The van der Waals surface area contributed by atoms with Gasteiger partial charge in [-0.25, -0.2) is 19.1 Å². The summed E-state index contributed by atoms with van der Waals surface area (Å²) in [4.78, 5) is 29.3. The molecule has 3 heterocycles. The zero-order chi connectivity index (χ0) is 21.4. The number of hydrogen-bond donors (Lipinski definition) is 4. The van der Waals surface area contributed by atoms with Crippen molar-refractivity contribution in [3.8, 4) is 5.75 Å². The van der Waals surface area contributed by atoms with Crippen molar-refractivity contribution in [1.29, 1.82) is 5.41 Å². The lowest BCUT2D eigenvalue weighted by atomic mass is 10.2. The number of benzene rings is 1. The molecular formula is C20H27N8O3+. The van der Waals surface area contributed by atoms with Gasteiger partial charge >= 0.3 is 0 Å². The fourth-order valence-corrected chi connectivity index (χ4v) is 3.52. The number of carbonyl (C=O) groups is 2. The Hall–Kier alpha value is -3.89. The van der Waals surface area contributed by atoms with Crippen LogP contribution in [0.15, 0.2) is 35.8 Å². The number of carbonyl (C=O) groups excluding carboxylic acids is 2. The molecule has 31 heavy (non-hydrogen) atoms. The summed E-state index contributed by atoms with van der Waals surface area (Å²) < 4.78 is 3.49. The maximum Gasteiger partial charge on any atom is 0.294 e. The molecule has 4 rings (SSSR count). The molecule has 0 radical (unpaired) electrons. The number of rotatable bonds is 4. The van der Waals surface area contributed by atoms with Gasteiger partial charge in [0.2, 0.25) is 6.33 Å². The van der Waals surface area contributed by atoms with Gasteiger partial charge in [0.05, 0.1) is 24.1 Å². The Morgan fingerprint density at radius 3 is 2.68 bits per heavy atom. The zero-order valence-corrected chi connectivity index (χ0v) is 16.5. The number of phenols is 1. The van der Waals surface area contributed by atoms with Gasteiger partial charge in [-0.2, -0.15) is 0 Å². The summed E-state index contributed by atoms with van der Waals surface area (Å²) in [6.45, 7) is 1.19. The number of aliphatic imine (C=N–C) groups is 1. The molecule has 11 nitrogen and oxygen atoms in total. The molecule has 2 amide bonds. The lowest BCUT2D eigenvalue weighted by molar-refractivity contribution is -0.671. The van der Waals surface area contributed by atoms with Crippen molar-refractivity contribution in [2.45, 2.75) is 26.8 Å². The Morgan fingerprint density at radius 2 is 2.03 bits per heavy atom. The molecule has 164 valence electrons. The van der Waals surface area contributed by atoms with Gasteiger partial charge in [0.15, 0.2) is 18.1 Å². The highest BCUT2D eigenvalue weighted by Gasteiger charge is 2.40. The number of amidine groups is 1. The van der Waals surface area contributed by atoms with Crippen LogP contribution in [0.2, 0.25) is 0 Å². The van der Waals surface area contributed by atoms with Crippen molar-refractivity contribution in [3.05, 3.63) is 30.9 Å². The molecule has 0 spiro atoms. The van der Waals surface area contributed by atoms with Crippen LogP contribution in [0, 0.1) is 5.41 Å². The monoisotopic (exact) mass is 427 g/mol. The van der Waals surface area contributed by atoms with Crippen molar-refractivity contribution in [2.24, 2.45) is 12.0 Å². The lowest BCUT2D eigenvalue weighted by Gasteiger charge is -2.32. The van der Waals surface area contributed by atoms with E-state index in [9.17, 15) is 14.7 Å². The fourth-order valence-electron chi connectivity index (χ4n) is 3.52. The summed E-state index contributed by atoms with van der Waals surface area (Å²) in [7, 11) is 1.84. The van der Waals surface area contributed by atoms with Crippen LogP contribution in [-0.2, 0) is 23.2 Å². The number of nitrogens with zero attached hydrogens (tertiary/aromatic N) is 5. The number of anilines is 2. The van der Waals surface area contributed by atoms with E-state index >= 15 is 0 Å². The number of nitrogens with two attached hydrogens (primary N) is 1. The minimum Gasteiger partial charge on any atom is -0.506 e. The molecule has 0 aliphatic carbocycles. The molecule has 0 atom stereocenters. The van der Waals surface area contributed by atoms with Crippen LogP contribution < -0.4 is 15.6 Å². The van der Waals surface area contributed by atoms with Gasteiger partial charge in [-0.15, -0.1) is 0 Å². The smallest absolute Gasteiger partial charge is 0.294 e. The standard InChI is InChI=1S/C19H22N8O3.CH4/c1-24-6-7-25(11-24)10-16(29)22-14-9-13(12(20)8-15(14)28)23-17-18(21)26-4-2-3-5-27(26)19(17)30;/h6-9,11H,2-5,10H2,1H3,(H4-,20,21,22,23,28,29,30);1H4/p+1. The number of aryl methyl sites for hydroxylation is 1. The topological polar surface area (TPSA) is 144 Å². The number of aromatic hydroxyl groups is 1. The first-order valence-electron chi connectivity index (χ1n) is 9.54. The van der Waals surface area contributed by atoms with Gasteiger partial charge in [-0.3, -0.25) is 20.0 Å². The molecule has 1 aromatic carbocycles. The van der Waals surface area contributed by atoms with Crippen LogP contribution in [0.25, 0.3) is 0 Å². The Morgan fingerprint density at radius 1 is 1.32 bits per heavy atom. The summed E-state index contributed by atoms with van der Waals surface area (Å²) in [5.41, 5.74) is 6.42. The van der Waals surface area contributed by atoms with Gasteiger partial charge in [0.1, 0.15) is 18.1 Å². The average molecular weight is 427 g/mol. The van der Waals surface area contributed by atoms with Gasteiger partial charge < -0.3 is 16.2 Å². The zero-order valence-electron chi connectivity index (χ0n) is 16.5. The number of nitrogen functional groups attached to an aromatic ring is 1. The highest BCUT2D eigenvalue weighted by atomic mass is 16.3. The van der Waals surface area contributed by atoms with E-state index in [0.717, 1.165) is 12.8 Å². The number of aromatic nitrogens is 2. The van der Waals surface area contributed by atoms with E-state index < -0.39 is 0 Å². The number of nitrogens with one attached hydrogen (secondary N) is 2. The third-order valence-electron chi connectivity index (χ3n) is 5.00. The first-order chi connectivity index (χ1) is 14.3. The molecule has 0 unspecified atom stereocenters. The number of fused-ring (bicyclic) bond motifs is 1. The maximum absolute atomic E-state index is 12.6. The third-order valence-corrected chi connectivity index (χ3v) is 5.00. The predicted octanol–water partition coefficient (Wildman–Crippen LogP) is 0.778. The van der Waals surface area contributed by atoms with E-state index in [4.69, 9.17) is 11.1 Å². The molecule has 5 N–H and O–H groups in total. The Balaban J connectivity index is 0.00000272. The molecule has 2 aliphatic rings. The maximum atomic E-state index is 12.6. The number of imidazole rings is 1. The molecule has 2 saturated heterocycles. The summed E-state index contributed by atoms with van der Waals surface area (Å²) in [6, 6.07) is 2.67. The molecular weight excluding hydrogens is 400 g/mol. The summed E-state index contributed by atoms with van der Waals surface area (Å²) in [5.74, 6) is -0.883. The van der Waals surface area contributed by atoms with E-state index in [2.05, 4.69) is 10.3 Å². The molecule has 0 saturated carbocycles. The van der Waals surface area contributed by atoms with Crippen LogP contribution in [0.5, 0.6) is 5.75 Å². The minimum atomic E-state index is -0.349. The Bertz CT molecular complexity index is 1050. The van der Waals surface area contributed by atoms with Crippen LogP contribution >= 0.6 is 0 Å². The number of amides is 2. The lowest BCUT2D eigenvalue weighted by Crippen LogP contribution is -2.45. The molecule has 11 heteroatoms. The van der Waals surface area contributed by atoms with Crippen molar-refractivity contribution in [2.75, 3.05) is 24.1 Å². The fraction of sp³-hybridized carbons (Fsp3) is 0.350. The van der Waals surface area contributed by atoms with E-state index in [-0.39, 0.29) is 60.1 Å². The first kappa shape index (κ1) is 21.8. The van der Waals surface area contributed by atoms with Gasteiger partial charge in [0.25, 0.3) is 11.8 Å². The van der Waals surface area contributed by atoms with Crippen molar-refractivity contribution >= 4 is 40.4 Å². The molecule has 2 aromatic rings. The summed E-state index contributed by atoms with van der Waals surface area (Å²) in [6.07, 6.45) is 7.08. The Labute approximate surface area is 179 Å². The van der Waals surface area contributed by atoms with Crippen molar-refractivity contribution in [1.82, 2.24) is 14.6 Å². The van der Waals surface area contributed by atoms with E-state index in [1.54, 1.807) is 32.9 Å². The molecule has 2 fully saturated rings. The van der Waals surface area contributed by atoms with E-state index in [0.29, 0.717) is 13.1 Å². The molecule has 0 bridgehead atoms. The largest absolute Gasteiger partial charge is 0.506 e. The van der Waals surface area contributed by atoms with Crippen LogP contribution in [0.4, 0.5) is 17.1 Å². The van der Waals surface area contributed by atoms with E-state index in [1.165, 1.54) is 17.1 Å². The molecule has 2 aliphatic heterocycles. The Kier molecular flexibility index (Phi) is 5.95. The second-order valence-electron chi connectivity index (χ2n) is 7.30. The van der Waals surface area contributed by atoms with Crippen LogP contribution in [0.3, 0.4) is 0 Å². The predicted molar refractivity (Wildman–Crippen MR) is 116 cm³/mol. The van der Waals surface area contributed by atoms with Crippen LogP contribution in [0.1, 0.15) is 20.3 Å². The average Bonchev–Trinajstić information content (AvgIpc) is 3.21. The van der Waals surface area contributed by atoms with Crippen molar-refractivity contribution in [3.63, 3.8) is 0 Å². The second-order valence-corrected chi connectivity index (χ2v) is 7.30.